The molecule has 0 fully saturated rings. The van der Waals surface area contributed by atoms with Gasteiger partial charge in [0.05, 0.1) is 0 Å². The highest BCUT2D eigenvalue weighted by atomic mass is 16.2. The average molecular weight is 173 g/mol. The van der Waals surface area contributed by atoms with Gasteiger partial charge in [-0.05, 0) is 6.42 Å². The van der Waals surface area contributed by atoms with E-state index in [1.807, 2.05) is 0 Å². The van der Waals surface area contributed by atoms with Crippen molar-refractivity contribution in [3.63, 3.8) is 0 Å². The van der Waals surface area contributed by atoms with Crippen molar-refractivity contribution in [2.75, 3.05) is 13.1 Å². The molecular weight excluding hydrogens is 162 g/mol. The van der Waals surface area contributed by atoms with Crippen molar-refractivity contribution in [1.29, 1.82) is 0 Å². The molecule has 0 aromatic heterocycles. The summed E-state index contributed by atoms with van der Waals surface area (Å²) in [7, 11) is 0. The Morgan fingerprint density at radius 2 is 2.00 bits per heavy atom. The van der Waals surface area contributed by atoms with Gasteiger partial charge in [0, 0.05) is 13.1 Å². The minimum Gasteiger partial charge on any atom is -0.361 e. The van der Waals surface area contributed by atoms with E-state index in [0.717, 1.165) is 0 Å². The van der Waals surface area contributed by atoms with Gasteiger partial charge < -0.3 is 16.4 Å². The zero-order chi connectivity index (χ0) is 9.40. The molecule has 0 unspecified atom stereocenters. The highest BCUT2D eigenvalue weighted by Crippen LogP contribution is 1.72. The number of amides is 3. The monoisotopic (exact) mass is 173 g/mol. The molecule has 0 aromatic carbocycles. The number of carbonyl (C=O) groups excluding carboxylic acids is 3. The molecule has 3 amide bonds. The minimum atomic E-state index is -1.00. The summed E-state index contributed by atoms with van der Waals surface area (Å²) < 4.78 is 0. The molecule has 0 atom stereocenters. The molecule has 6 nitrogen and oxygen atoms in total. The van der Waals surface area contributed by atoms with Gasteiger partial charge in [0.1, 0.15) is 0 Å². The Hall–Kier alpha value is -1.59. The molecule has 0 aromatic rings. The Balaban J connectivity index is 3.25. The highest BCUT2D eigenvalue weighted by molar-refractivity contribution is 6.34. The fourth-order valence-corrected chi connectivity index (χ4v) is 0.538. The standard InChI is InChI=1S/C6H11N3O3/c7-5(11)6(12)9-3-1-2-8-4-10/h4H,1-3H2,(H2,7,11)(H,8,10)(H,9,12). The van der Waals surface area contributed by atoms with Crippen molar-refractivity contribution in [3.05, 3.63) is 0 Å². The van der Waals surface area contributed by atoms with E-state index in [1.165, 1.54) is 0 Å². The number of carbonyl (C=O) groups is 3. The summed E-state index contributed by atoms with van der Waals surface area (Å²) in [5.74, 6) is -1.81. The highest BCUT2D eigenvalue weighted by Gasteiger charge is 2.05. The third-order valence-corrected chi connectivity index (χ3v) is 1.09. The lowest BCUT2D eigenvalue weighted by molar-refractivity contribution is -0.137. The number of hydrogen-bond acceptors (Lipinski definition) is 3. The first-order valence-electron chi connectivity index (χ1n) is 3.43. The number of nitrogens with two attached hydrogens (primary N) is 1. The number of nitrogens with one attached hydrogen (secondary N) is 2. The summed E-state index contributed by atoms with van der Waals surface area (Å²) in [5, 5.41) is 4.67. The van der Waals surface area contributed by atoms with Gasteiger partial charge in [-0.25, -0.2) is 0 Å². The van der Waals surface area contributed by atoms with Crippen molar-refractivity contribution >= 4 is 18.2 Å². The molecule has 0 radical (unpaired) electrons. The van der Waals surface area contributed by atoms with Crippen molar-refractivity contribution in [2.24, 2.45) is 5.73 Å². The summed E-state index contributed by atoms with van der Waals surface area (Å²) >= 11 is 0. The van der Waals surface area contributed by atoms with Crippen LogP contribution in [0.4, 0.5) is 0 Å². The predicted molar refractivity (Wildman–Crippen MR) is 40.9 cm³/mol. The second-order valence-corrected chi connectivity index (χ2v) is 2.05. The lowest BCUT2D eigenvalue weighted by atomic mass is 10.4. The largest absolute Gasteiger partial charge is 0.361 e. The molecule has 4 N–H and O–H groups in total. The van der Waals surface area contributed by atoms with Crippen LogP contribution in [0.25, 0.3) is 0 Å². The Morgan fingerprint density at radius 3 is 2.50 bits per heavy atom. The summed E-state index contributed by atoms with van der Waals surface area (Å²) in [4.78, 5) is 30.4. The molecule has 0 spiro atoms. The zero-order valence-electron chi connectivity index (χ0n) is 6.50. The van der Waals surface area contributed by atoms with Gasteiger partial charge in [-0.2, -0.15) is 0 Å². The van der Waals surface area contributed by atoms with Crippen LogP contribution in [0.5, 0.6) is 0 Å². The summed E-state index contributed by atoms with van der Waals surface area (Å²) in [6.07, 6.45) is 1.13. The van der Waals surface area contributed by atoms with Crippen molar-refractivity contribution in [3.8, 4) is 0 Å². The fourth-order valence-electron chi connectivity index (χ4n) is 0.538. The topological polar surface area (TPSA) is 101 Å². The van der Waals surface area contributed by atoms with E-state index < -0.39 is 11.8 Å². The zero-order valence-corrected chi connectivity index (χ0v) is 6.50. The molecule has 0 heterocycles. The minimum absolute atomic E-state index is 0.322. The molecular formula is C6H11N3O3. The Kier molecular flexibility index (Phi) is 5.33. The van der Waals surface area contributed by atoms with Crippen LogP contribution >= 0.6 is 0 Å². The number of hydrogen-bond donors (Lipinski definition) is 3. The Labute approximate surface area is 69.5 Å². The van der Waals surface area contributed by atoms with E-state index in [9.17, 15) is 14.4 Å². The lowest BCUT2D eigenvalue weighted by Crippen LogP contribution is -2.37. The first-order valence-corrected chi connectivity index (χ1v) is 3.43. The van der Waals surface area contributed by atoms with Gasteiger partial charge in [0.15, 0.2) is 0 Å². The van der Waals surface area contributed by atoms with Crippen LogP contribution in [0.1, 0.15) is 6.42 Å². The second-order valence-electron chi connectivity index (χ2n) is 2.05. The van der Waals surface area contributed by atoms with Crippen LogP contribution in [0.3, 0.4) is 0 Å². The molecule has 0 saturated carbocycles. The van der Waals surface area contributed by atoms with Gasteiger partial charge in [0.25, 0.3) is 0 Å². The first kappa shape index (κ1) is 10.4. The molecule has 0 aliphatic rings. The summed E-state index contributed by atoms with van der Waals surface area (Å²) in [6, 6.07) is 0. The van der Waals surface area contributed by atoms with Crippen LogP contribution in [0.2, 0.25) is 0 Å². The molecule has 12 heavy (non-hydrogen) atoms. The van der Waals surface area contributed by atoms with Gasteiger partial charge in [-0.3, -0.25) is 14.4 Å². The molecule has 0 bridgehead atoms. The van der Waals surface area contributed by atoms with E-state index in [0.29, 0.717) is 25.9 Å². The number of primary amides is 1. The van der Waals surface area contributed by atoms with E-state index in [2.05, 4.69) is 16.4 Å². The van der Waals surface area contributed by atoms with Gasteiger partial charge in [-0.1, -0.05) is 0 Å². The normalized spacial score (nSPS) is 8.67. The van der Waals surface area contributed by atoms with Crippen LogP contribution < -0.4 is 16.4 Å². The van der Waals surface area contributed by atoms with Gasteiger partial charge >= 0.3 is 11.8 Å². The van der Waals surface area contributed by atoms with E-state index in [4.69, 9.17) is 0 Å². The number of rotatable bonds is 5. The fraction of sp³-hybridized carbons (Fsp3) is 0.500. The molecule has 0 aliphatic carbocycles. The smallest absolute Gasteiger partial charge is 0.309 e. The van der Waals surface area contributed by atoms with Gasteiger partial charge in [0.2, 0.25) is 6.41 Å². The molecule has 0 rings (SSSR count). The van der Waals surface area contributed by atoms with Gasteiger partial charge in [-0.15, -0.1) is 0 Å². The molecule has 6 heteroatoms. The van der Waals surface area contributed by atoms with Crippen molar-refractivity contribution < 1.29 is 14.4 Å². The predicted octanol–water partition coefficient (Wildman–Crippen LogP) is -2.28. The van der Waals surface area contributed by atoms with Crippen LogP contribution in [0, 0.1) is 0 Å². The summed E-state index contributed by atoms with van der Waals surface area (Å²) in [5.41, 5.74) is 4.65. The SMILES string of the molecule is NC(=O)C(=O)NCCCNC=O. The maximum atomic E-state index is 10.5. The maximum Gasteiger partial charge on any atom is 0.309 e. The Morgan fingerprint density at radius 1 is 1.33 bits per heavy atom. The van der Waals surface area contributed by atoms with Crippen LogP contribution in [-0.2, 0) is 14.4 Å². The second kappa shape index (κ2) is 6.14. The molecule has 68 valence electrons. The third-order valence-electron chi connectivity index (χ3n) is 1.09. The quantitative estimate of drug-likeness (QED) is 0.248. The van der Waals surface area contributed by atoms with Crippen molar-refractivity contribution in [1.82, 2.24) is 10.6 Å². The Bertz CT molecular complexity index is 181. The maximum absolute atomic E-state index is 10.5. The average Bonchev–Trinajstić information content (AvgIpc) is 2.03. The van der Waals surface area contributed by atoms with E-state index >= 15 is 0 Å². The molecule has 0 aliphatic heterocycles. The van der Waals surface area contributed by atoms with Crippen LogP contribution in [0.15, 0.2) is 0 Å². The van der Waals surface area contributed by atoms with E-state index in [1.54, 1.807) is 0 Å². The lowest BCUT2D eigenvalue weighted by Gasteiger charge is -2.00. The third kappa shape index (κ3) is 5.21. The van der Waals surface area contributed by atoms with Crippen LogP contribution in [-0.4, -0.2) is 31.3 Å². The first-order chi connectivity index (χ1) is 5.68. The van der Waals surface area contributed by atoms with Crippen molar-refractivity contribution in [2.45, 2.75) is 6.42 Å². The summed E-state index contributed by atoms with van der Waals surface area (Å²) in [6.45, 7) is 0.783. The molecule has 0 saturated heterocycles. The van der Waals surface area contributed by atoms with E-state index in [-0.39, 0.29) is 0 Å².